The van der Waals surface area contributed by atoms with Crippen LogP contribution in [-0.2, 0) is 21.4 Å². The molecule has 0 spiro atoms. The van der Waals surface area contributed by atoms with E-state index in [4.69, 9.17) is 4.74 Å². The van der Waals surface area contributed by atoms with Crippen molar-refractivity contribution in [2.45, 2.75) is 43.2 Å². The van der Waals surface area contributed by atoms with Gasteiger partial charge in [0.1, 0.15) is 17.1 Å². The normalized spacial score (nSPS) is 14.5. The first kappa shape index (κ1) is 27.0. The van der Waals surface area contributed by atoms with Crippen LogP contribution in [0.1, 0.15) is 45.6 Å². The number of nitriles is 1. The summed E-state index contributed by atoms with van der Waals surface area (Å²) in [5, 5.41) is 18.4. The fraction of sp³-hybridized carbons (Fsp3) is 0.280. The Hall–Kier alpha value is -4.05. The maximum absolute atomic E-state index is 15.1. The number of alkyl halides is 3. The molecule has 0 radical (unpaired) electrons. The van der Waals surface area contributed by atoms with Crippen LogP contribution in [0.2, 0.25) is 0 Å². The van der Waals surface area contributed by atoms with Gasteiger partial charge in [-0.05, 0) is 56.5 Å². The quantitative estimate of drug-likeness (QED) is 0.417. The van der Waals surface area contributed by atoms with E-state index in [0.717, 1.165) is 19.2 Å². The Labute approximate surface area is 215 Å². The van der Waals surface area contributed by atoms with Crippen molar-refractivity contribution in [2.75, 3.05) is 11.6 Å². The highest BCUT2D eigenvalue weighted by atomic mass is 32.2. The number of hydrogen-bond donors (Lipinski definition) is 1. The highest BCUT2D eigenvalue weighted by Gasteiger charge is 2.47. The van der Waals surface area contributed by atoms with Gasteiger partial charge in [-0.15, -0.1) is 10.2 Å². The average Bonchev–Trinajstić information content (AvgIpc) is 3.62. The van der Waals surface area contributed by atoms with Crippen molar-refractivity contribution in [1.29, 1.82) is 5.26 Å². The maximum atomic E-state index is 15.1. The molecule has 0 unspecified atom stereocenters. The lowest BCUT2D eigenvalue weighted by molar-refractivity contribution is -0.142. The van der Waals surface area contributed by atoms with Gasteiger partial charge in [0.2, 0.25) is 0 Å². The summed E-state index contributed by atoms with van der Waals surface area (Å²) < 4.78 is 85.1. The van der Waals surface area contributed by atoms with E-state index in [-0.39, 0.29) is 27.5 Å². The Balaban J connectivity index is 1.77. The van der Waals surface area contributed by atoms with Crippen molar-refractivity contribution < 1.29 is 35.5 Å². The van der Waals surface area contributed by atoms with Crippen molar-refractivity contribution in [3.8, 4) is 17.7 Å². The van der Waals surface area contributed by atoms with Gasteiger partial charge in [0.05, 0.1) is 16.4 Å². The van der Waals surface area contributed by atoms with Crippen LogP contribution in [0.25, 0.3) is 0 Å². The summed E-state index contributed by atoms with van der Waals surface area (Å²) >= 11 is 0. The van der Waals surface area contributed by atoms with Crippen LogP contribution in [0.3, 0.4) is 0 Å². The first-order valence-corrected chi connectivity index (χ1v) is 13.0. The molecule has 198 valence electrons. The second-order valence-corrected chi connectivity index (χ2v) is 11.0. The summed E-state index contributed by atoms with van der Waals surface area (Å²) in [6.07, 6.45) is -3.00. The number of nitrogens with zero attached hydrogens (tertiary/aromatic N) is 3. The number of aromatic nitrogens is 2. The zero-order valence-electron chi connectivity index (χ0n) is 20.3. The SMILES string of the molecule is Cc1c(Oc2nnc(C(F)(F)F)c(C)c2C(=O)Nc2cccc(S(C)(=O)=O)c2)ccc(C2(C#N)CC2)c1F. The molecule has 1 saturated carbocycles. The Kier molecular flexibility index (Phi) is 6.65. The van der Waals surface area contributed by atoms with E-state index in [0.29, 0.717) is 12.8 Å². The van der Waals surface area contributed by atoms with Crippen LogP contribution in [-0.4, -0.2) is 30.8 Å². The minimum atomic E-state index is -4.94. The summed E-state index contributed by atoms with van der Waals surface area (Å²) in [6.45, 7) is 2.37. The van der Waals surface area contributed by atoms with Gasteiger partial charge in [-0.1, -0.05) is 12.1 Å². The van der Waals surface area contributed by atoms with E-state index < -0.39 is 55.9 Å². The highest BCUT2D eigenvalue weighted by molar-refractivity contribution is 7.90. The van der Waals surface area contributed by atoms with Crippen LogP contribution in [0.4, 0.5) is 23.2 Å². The van der Waals surface area contributed by atoms with Gasteiger partial charge < -0.3 is 10.1 Å². The highest BCUT2D eigenvalue weighted by Crippen LogP contribution is 2.49. The summed E-state index contributed by atoms with van der Waals surface area (Å²) in [5.74, 6) is -2.55. The molecule has 1 aliphatic rings. The molecule has 2 aromatic carbocycles. The molecule has 0 bridgehead atoms. The molecule has 8 nitrogen and oxygen atoms in total. The monoisotopic (exact) mass is 548 g/mol. The molecule has 1 aliphatic carbocycles. The Bertz CT molecular complexity index is 1610. The number of hydrogen-bond acceptors (Lipinski definition) is 7. The van der Waals surface area contributed by atoms with Crippen LogP contribution < -0.4 is 10.1 Å². The number of carbonyl (C=O) groups is 1. The number of sulfone groups is 1. The molecule has 0 aliphatic heterocycles. The van der Waals surface area contributed by atoms with Gasteiger partial charge >= 0.3 is 6.18 Å². The molecule has 0 atom stereocenters. The van der Waals surface area contributed by atoms with E-state index in [9.17, 15) is 31.6 Å². The Morgan fingerprint density at radius 2 is 1.82 bits per heavy atom. The Morgan fingerprint density at radius 1 is 1.13 bits per heavy atom. The standard InChI is InChI=1S/C25H20F4N4O4S/c1-13-18(8-7-17(20(13)26)24(12-30)9-10-24)37-23-19(14(2)21(32-33-23)25(27,28)29)22(34)31-15-5-4-6-16(11-15)38(3,35)36/h4-8,11H,9-10H2,1-3H3,(H,31,34). The lowest BCUT2D eigenvalue weighted by Crippen LogP contribution is -2.21. The summed E-state index contributed by atoms with van der Waals surface area (Å²) in [5.41, 5.74) is -3.44. The van der Waals surface area contributed by atoms with Gasteiger partial charge in [-0.25, -0.2) is 12.8 Å². The van der Waals surface area contributed by atoms with Crippen LogP contribution in [0.5, 0.6) is 11.6 Å². The third-order valence-corrected chi connectivity index (χ3v) is 7.33. The average molecular weight is 549 g/mol. The summed E-state index contributed by atoms with van der Waals surface area (Å²) in [6, 6.07) is 9.93. The molecular weight excluding hydrogens is 528 g/mol. The van der Waals surface area contributed by atoms with Crippen LogP contribution in [0.15, 0.2) is 41.3 Å². The van der Waals surface area contributed by atoms with E-state index in [2.05, 4.69) is 21.6 Å². The third kappa shape index (κ3) is 5.04. The molecule has 1 aromatic heterocycles. The third-order valence-electron chi connectivity index (χ3n) is 6.22. The van der Waals surface area contributed by atoms with Crippen LogP contribution >= 0.6 is 0 Å². The molecule has 4 rings (SSSR count). The lowest BCUT2D eigenvalue weighted by Gasteiger charge is -2.18. The number of benzene rings is 2. The number of amides is 1. The first-order valence-electron chi connectivity index (χ1n) is 11.1. The molecular formula is C25H20F4N4O4S. The lowest BCUT2D eigenvalue weighted by atomic mass is 9.95. The molecule has 1 fully saturated rings. The van der Waals surface area contributed by atoms with E-state index in [1.807, 2.05) is 0 Å². The largest absolute Gasteiger partial charge is 0.437 e. The zero-order valence-corrected chi connectivity index (χ0v) is 21.1. The fourth-order valence-electron chi connectivity index (χ4n) is 3.92. The predicted molar refractivity (Wildman–Crippen MR) is 127 cm³/mol. The number of ether oxygens (including phenoxy) is 1. The second-order valence-electron chi connectivity index (χ2n) is 8.95. The van der Waals surface area contributed by atoms with Gasteiger partial charge in [-0.3, -0.25) is 4.79 Å². The second kappa shape index (κ2) is 9.36. The minimum Gasteiger partial charge on any atom is -0.437 e. The van der Waals surface area contributed by atoms with Crippen molar-refractivity contribution in [3.05, 3.63) is 70.2 Å². The topological polar surface area (TPSA) is 122 Å². The van der Waals surface area contributed by atoms with Crippen molar-refractivity contribution >= 4 is 21.4 Å². The molecule has 38 heavy (non-hydrogen) atoms. The van der Waals surface area contributed by atoms with E-state index >= 15 is 4.39 Å². The molecule has 3 aromatic rings. The van der Waals surface area contributed by atoms with Crippen molar-refractivity contribution in [3.63, 3.8) is 0 Å². The van der Waals surface area contributed by atoms with Gasteiger partial charge in [-0.2, -0.15) is 18.4 Å². The van der Waals surface area contributed by atoms with Crippen LogP contribution in [0, 0.1) is 31.0 Å². The van der Waals surface area contributed by atoms with Crippen molar-refractivity contribution in [2.24, 2.45) is 0 Å². The molecule has 0 saturated heterocycles. The smallest absolute Gasteiger partial charge is 0.435 e. The zero-order chi connectivity index (χ0) is 28.0. The summed E-state index contributed by atoms with van der Waals surface area (Å²) in [7, 11) is -3.63. The number of carbonyl (C=O) groups excluding carboxylic acids is 1. The minimum absolute atomic E-state index is 0.00791. The van der Waals surface area contributed by atoms with Gasteiger partial charge in [0, 0.05) is 23.1 Å². The predicted octanol–water partition coefficient (Wildman–Crippen LogP) is 5.25. The molecule has 1 N–H and O–H groups in total. The number of rotatable bonds is 6. The van der Waals surface area contributed by atoms with E-state index in [1.165, 1.54) is 37.3 Å². The number of halogens is 4. The molecule has 1 amide bonds. The maximum Gasteiger partial charge on any atom is 0.435 e. The van der Waals surface area contributed by atoms with Gasteiger partial charge in [0.15, 0.2) is 15.5 Å². The van der Waals surface area contributed by atoms with E-state index in [1.54, 1.807) is 0 Å². The molecule has 13 heteroatoms. The van der Waals surface area contributed by atoms with Crippen molar-refractivity contribution in [1.82, 2.24) is 10.2 Å². The Morgan fingerprint density at radius 3 is 2.39 bits per heavy atom. The number of nitrogens with one attached hydrogen (secondary N) is 1. The van der Waals surface area contributed by atoms with Gasteiger partial charge in [0.25, 0.3) is 11.8 Å². The fourth-order valence-corrected chi connectivity index (χ4v) is 4.59. The number of anilines is 1. The summed E-state index contributed by atoms with van der Waals surface area (Å²) in [4.78, 5) is 13.1. The first-order chi connectivity index (χ1) is 17.7. The molecule has 1 heterocycles.